The third-order valence-electron chi connectivity index (χ3n) is 7.18. The van der Waals surface area contributed by atoms with Crippen LogP contribution in [0, 0.1) is 11.3 Å². The van der Waals surface area contributed by atoms with Gasteiger partial charge in [0.05, 0.1) is 6.54 Å². The number of carbonyl (C=O) groups excluding carboxylic acids is 1. The summed E-state index contributed by atoms with van der Waals surface area (Å²) in [7, 11) is 0. The highest BCUT2D eigenvalue weighted by Gasteiger charge is 2.39. The van der Waals surface area contributed by atoms with E-state index in [1.807, 2.05) is 18.2 Å². The number of nitrogens with zero attached hydrogens (tertiary/aromatic N) is 4. The van der Waals surface area contributed by atoms with Gasteiger partial charge in [-0.15, -0.1) is 11.3 Å². The summed E-state index contributed by atoms with van der Waals surface area (Å²) in [4.78, 5) is 16.4. The van der Waals surface area contributed by atoms with Crippen molar-refractivity contribution in [2.24, 2.45) is 0 Å². The lowest BCUT2D eigenvalue weighted by atomic mass is 9.83. The van der Waals surface area contributed by atoms with E-state index >= 15 is 0 Å². The zero-order valence-corrected chi connectivity index (χ0v) is 21.8. The Morgan fingerprint density at radius 1 is 1.26 bits per heavy atom. The molecule has 0 radical (unpaired) electrons. The number of halogens is 3. The van der Waals surface area contributed by atoms with Gasteiger partial charge in [-0.05, 0) is 49.1 Å². The predicted molar refractivity (Wildman–Crippen MR) is 139 cm³/mol. The number of thiophene rings is 1. The van der Waals surface area contributed by atoms with Crippen LogP contribution in [0.1, 0.15) is 58.7 Å². The Balaban J connectivity index is 1.54. The average Bonchev–Trinajstić information content (AvgIpc) is 3.56. The van der Waals surface area contributed by atoms with Gasteiger partial charge in [-0.2, -0.15) is 23.5 Å². The van der Waals surface area contributed by atoms with Crippen LogP contribution >= 0.6 is 11.3 Å². The Morgan fingerprint density at radius 3 is 2.79 bits per heavy atom. The van der Waals surface area contributed by atoms with Crippen LogP contribution in [0.25, 0.3) is 11.1 Å². The van der Waals surface area contributed by atoms with Crippen LogP contribution < -0.4 is 5.32 Å². The highest BCUT2D eigenvalue weighted by molar-refractivity contribution is 7.12. The number of fused-ring (bicyclic) bond motifs is 1. The summed E-state index contributed by atoms with van der Waals surface area (Å²) < 4.78 is 43.2. The van der Waals surface area contributed by atoms with E-state index in [-0.39, 0.29) is 23.4 Å². The van der Waals surface area contributed by atoms with E-state index in [0.717, 1.165) is 36.2 Å². The van der Waals surface area contributed by atoms with Crippen molar-refractivity contribution < 1.29 is 18.0 Å². The van der Waals surface area contributed by atoms with Gasteiger partial charge < -0.3 is 10.2 Å². The number of aryl methyl sites for hydroxylation is 1. The van der Waals surface area contributed by atoms with Crippen molar-refractivity contribution in [2.45, 2.75) is 57.4 Å². The van der Waals surface area contributed by atoms with Crippen LogP contribution in [0.3, 0.4) is 0 Å². The molecule has 2 aliphatic heterocycles. The van der Waals surface area contributed by atoms with Gasteiger partial charge in [0.15, 0.2) is 5.69 Å². The van der Waals surface area contributed by atoms with Crippen LogP contribution in [-0.2, 0) is 24.1 Å². The lowest BCUT2D eigenvalue weighted by Gasteiger charge is -2.33. The number of piperidine rings is 1. The minimum Gasteiger partial charge on any atom is -0.333 e. The van der Waals surface area contributed by atoms with Crippen LogP contribution in [0.15, 0.2) is 48.7 Å². The molecular weight excluding hydrogens is 511 g/mol. The van der Waals surface area contributed by atoms with Crippen molar-refractivity contribution in [2.75, 3.05) is 13.1 Å². The molecule has 5 rings (SSSR count). The second kappa shape index (κ2) is 10.8. The Bertz CT molecular complexity index is 1390. The van der Waals surface area contributed by atoms with Crippen molar-refractivity contribution in [3.63, 3.8) is 0 Å². The van der Waals surface area contributed by atoms with Crippen LogP contribution in [0.2, 0.25) is 0 Å². The number of nitrogens with one attached hydrogen (secondary N) is 1. The number of amides is 1. The van der Waals surface area contributed by atoms with Gasteiger partial charge in [0, 0.05) is 47.8 Å². The number of aromatic nitrogens is 2. The van der Waals surface area contributed by atoms with Gasteiger partial charge in [0.25, 0.3) is 0 Å². The molecule has 1 amide bonds. The maximum atomic E-state index is 14.0. The van der Waals surface area contributed by atoms with Gasteiger partial charge in [0.2, 0.25) is 5.91 Å². The summed E-state index contributed by atoms with van der Waals surface area (Å²) in [5, 5.41) is 16.8. The monoisotopic (exact) mass is 539 g/mol. The lowest BCUT2D eigenvalue weighted by Crippen LogP contribution is -2.38. The fraction of sp³-hybridized carbons (Fsp3) is 0.393. The molecule has 2 atom stereocenters. The van der Waals surface area contributed by atoms with Gasteiger partial charge in [0.1, 0.15) is 10.9 Å². The zero-order valence-electron chi connectivity index (χ0n) is 21.0. The second-order valence-corrected chi connectivity index (χ2v) is 10.8. The Morgan fingerprint density at radius 2 is 2.08 bits per heavy atom. The SMILES string of the molecule is CCn1cc(-c2ccccc2[C@@H]2CN(C(=O)/C=C/C3CCCCN3)Cc3sc(C#N)cc32)c(C(F)(F)F)n1. The number of rotatable bonds is 5. The van der Waals surface area contributed by atoms with Crippen LogP contribution in [-0.4, -0.2) is 39.7 Å². The maximum Gasteiger partial charge on any atom is 0.435 e. The molecule has 1 saturated heterocycles. The fourth-order valence-corrected chi connectivity index (χ4v) is 6.33. The van der Waals surface area contributed by atoms with Gasteiger partial charge >= 0.3 is 6.18 Å². The minimum atomic E-state index is -4.61. The standard InChI is InChI=1S/C28H28F3N5OS/c1-2-36-16-24(27(34-36)28(29,30)31)21-9-4-3-8-20(21)23-15-35(17-25-22(23)13-19(14-32)38-25)26(37)11-10-18-7-5-6-12-33-18/h3-4,8-11,13,16,18,23,33H,2,5-7,12,15,17H2,1H3/b11-10+/t18?,23-/m0/s1. The highest BCUT2D eigenvalue weighted by atomic mass is 32.1. The Labute approximate surface area is 223 Å². The summed E-state index contributed by atoms with van der Waals surface area (Å²) in [5.74, 6) is -0.531. The molecule has 2 aromatic heterocycles. The first-order valence-electron chi connectivity index (χ1n) is 12.8. The molecule has 0 aliphatic carbocycles. The highest BCUT2D eigenvalue weighted by Crippen LogP contribution is 2.44. The molecule has 0 spiro atoms. The first-order valence-corrected chi connectivity index (χ1v) is 13.6. The third kappa shape index (κ3) is 5.26. The number of benzene rings is 1. The Kier molecular flexibility index (Phi) is 7.41. The van der Waals surface area contributed by atoms with E-state index in [2.05, 4.69) is 16.5 Å². The van der Waals surface area contributed by atoms with Crippen LogP contribution in [0.4, 0.5) is 13.2 Å². The van der Waals surface area contributed by atoms with E-state index < -0.39 is 11.9 Å². The van der Waals surface area contributed by atoms with Gasteiger partial charge in [-0.1, -0.05) is 36.8 Å². The average molecular weight is 540 g/mol. The van der Waals surface area contributed by atoms with Crippen molar-refractivity contribution in [1.82, 2.24) is 20.0 Å². The molecule has 1 N–H and O–H groups in total. The molecule has 198 valence electrons. The van der Waals surface area contributed by atoms with Gasteiger partial charge in [-0.3, -0.25) is 9.48 Å². The minimum absolute atomic E-state index is 0.0129. The number of nitriles is 1. The molecule has 0 saturated carbocycles. The molecule has 4 heterocycles. The number of alkyl halides is 3. The first-order chi connectivity index (χ1) is 18.3. The summed E-state index contributed by atoms with van der Waals surface area (Å²) in [6.45, 7) is 3.64. The predicted octanol–water partition coefficient (Wildman–Crippen LogP) is 5.69. The largest absolute Gasteiger partial charge is 0.435 e. The quantitative estimate of drug-likeness (QED) is 0.423. The summed E-state index contributed by atoms with van der Waals surface area (Å²) in [6, 6.07) is 11.1. The first kappa shape index (κ1) is 26.2. The molecule has 6 nitrogen and oxygen atoms in total. The molecule has 1 aromatic carbocycles. The molecule has 0 bridgehead atoms. The lowest BCUT2D eigenvalue weighted by molar-refractivity contribution is -0.141. The van der Waals surface area contributed by atoms with E-state index in [0.29, 0.717) is 35.6 Å². The smallest absolute Gasteiger partial charge is 0.333 e. The van der Waals surface area contributed by atoms with Crippen molar-refractivity contribution >= 4 is 17.2 Å². The molecule has 10 heteroatoms. The molecule has 38 heavy (non-hydrogen) atoms. The molecule has 2 aliphatic rings. The molecule has 1 unspecified atom stereocenters. The second-order valence-electron chi connectivity index (χ2n) is 9.62. The van der Waals surface area contributed by atoms with E-state index in [4.69, 9.17) is 0 Å². The normalized spacial score (nSPS) is 19.9. The number of carbonyl (C=O) groups is 1. The molecular formula is C28H28F3N5OS. The maximum absolute atomic E-state index is 14.0. The Hall–Kier alpha value is -3.42. The topological polar surface area (TPSA) is 74.0 Å². The summed E-state index contributed by atoms with van der Waals surface area (Å²) in [6.07, 6.45) is 3.54. The third-order valence-corrected chi connectivity index (χ3v) is 8.22. The summed E-state index contributed by atoms with van der Waals surface area (Å²) in [5.41, 5.74) is 1.07. The fourth-order valence-electron chi connectivity index (χ4n) is 5.29. The van der Waals surface area contributed by atoms with Gasteiger partial charge in [-0.25, -0.2) is 0 Å². The van der Waals surface area contributed by atoms with E-state index in [9.17, 15) is 23.2 Å². The molecule has 3 aromatic rings. The van der Waals surface area contributed by atoms with Crippen molar-refractivity contribution in [3.8, 4) is 17.2 Å². The number of hydrogen-bond acceptors (Lipinski definition) is 5. The molecule has 1 fully saturated rings. The van der Waals surface area contributed by atoms with Crippen molar-refractivity contribution in [1.29, 1.82) is 5.26 Å². The van der Waals surface area contributed by atoms with E-state index in [1.54, 1.807) is 36.1 Å². The van der Waals surface area contributed by atoms with Crippen molar-refractivity contribution in [3.05, 3.63) is 75.3 Å². The zero-order chi connectivity index (χ0) is 26.9. The number of hydrogen-bond donors (Lipinski definition) is 1. The summed E-state index contributed by atoms with van der Waals surface area (Å²) >= 11 is 1.33. The van der Waals surface area contributed by atoms with E-state index in [1.165, 1.54) is 22.2 Å². The van der Waals surface area contributed by atoms with Crippen LogP contribution in [0.5, 0.6) is 0 Å².